The molecule has 2 aromatic carbocycles. The minimum Gasteiger partial charge on any atom is -0.496 e. The largest absolute Gasteiger partial charge is 0.496 e. The molecule has 2 aromatic rings. The maximum Gasteiger partial charge on any atom is 0.125 e. The molecule has 0 heterocycles. The zero-order valence-electron chi connectivity index (χ0n) is 12.6. The molecule has 0 aromatic heterocycles. The molecule has 2 N–H and O–H groups in total. The van der Waals surface area contributed by atoms with Crippen molar-refractivity contribution in [2.75, 3.05) is 25.6 Å². The van der Waals surface area contributed by atoms with Crippen molar-refractivity contribution in [1.82, 2.24) is 0 Å². The fourth-order valence-electron chi connectivity index (χ4n) is 2.36. The average Bonchev–Trinajstić information content (AvgIpc) is 2.47. The molecule has 0 bridgehead atoms. The van der Waals surface area contributed by atoms with E-state index in [0.717, 1.165) is 22.6 Å². The molecule has 112 valence electrons. The fraction of sp³-hybridized carbons (Fsp3) is 0.294. The van der Waals surface area contributed by atoms with Gasteiger partial charge in [0.15, 0.2) is 0 Å². The first-order chi connectivity index (χ1) is 10.0. The number of nitrogens with two attached hydrogens (primary N) is 1. The Morgan fingerprint density at radius 3 is 2.67 bits per heavy atom. The molecule has 3 nitrogen and oxygen atoms in total. The summed E-state index contributed by atoms with van der Waals surface area (Å²) < 4.78 is 18.7. The first kappa shape index (κ1) is 15.3. The number of likely N-dealkylation sites (N-methyl/N-ethyl adjacent to an activating group) is 1. The van der Waals surface area contributed by atoms with Crippen molar-refractivity contribution in [3.8, 4) is 5.75 Å². The molecule has 0 saturated carbocycles. The molecule has 0 saturated heterocycles. The van der Waals surface area contributed by atoms with Crippen LogP contribution in [0, 0.1) is 12.7 Å². The van der Waals surface area contributed by atoms with Gasteiger partial charge in [-0.2, -0.15) is 0 Å². The Hall–Kier alpha value is -2.07. The van der Waals surface area contributed by atoms with Gasteiger partial charge in [-0.1, -0.05) is 23.8 Å². The third kappa shape index (κ3) is 3.73. The van der Waals surface area contributed by atoms with Crippen LogP contribution in [0.5, 0.6) is 5.75 Å². The molecule has 0 aliphatic rings. The van der Waals surface area contributed by atoms with Crippen LogP contribution < -0.4 is 15.4 Å². The Kier molecular flexibility index (Phi) is 4.81. The van der Waals surface area contributed by atoms with Crippen LogP contribution in [0.15, 0.2) is 42.5 Å². The zero-order valence-corrected chi connectivity index (χ0v) is 12.6. The van der Waals surface area contributed by atoms with E-state index in [1.54, 1.807) is 13.2 Å². The number of benzene rings is 2. The summed E-state index contributed by atoms with van der Waals surface area (Å²) in [6, 6.07) is 12.2. The Morgan fingerprint density at radius 1 is 1.24 bits per heavy atom. The summed E-state index contributed by atoms with van der Waals surface area (Å²) in [4.78, 5) is 1.94. The summed E-state index contributed by atoms with van der Waals surface area (Å²) in [5, 5.41) is 0. The van der Waals surface area contributed by atoms with Crippen LogP contribution in [0.25, 0.3) is 0 Å². The Bertz CT molecular complexity index is 615. The second-order valence-corrected chi connectivity index (χ2v) is 5.21. The van der Waals surface area contributed by atoms with E-state index in [2.05, 4.69) is 0 Å². The van der Waals surface area contributed by atoms with Crippen LogP contribution in [0.1, 0.15) is 17.2 Å². The van der Waals surface area contributed by atoms with E-state index in [0.29, 0.717) is 6.54 Å². The van der Waals surface area contributed by atoms with E-state index < -0.39 is 0 Å². The lowest BCUT2D eigenvalue weighted by Crippen LogP contribution is -2.29. The van der Waals surface area contributed by atoms with Crippen molar-refractivity contribution in [3.05, 3.63) is 59.4 Å². The highest BCUT2D eigenvalue weighted by atomic mass is 19.1. The molecule has 21 heavy (non-hydrogen) atoms. The fourth-order valence-corrected chi connectivity index (χ4v) is 2.36. The lowest BCUT2D eigenvalue weighted by atomic mass is 10.0. The van der Waals surface area contributed by atoms with Gasteiger partial charge in [-0.05, 0) is 31.2 Å². The quantitative estimate of drug-likeness (QED) is 0.917. The van der Waals surface area contributed by atoms with E-state index in [9.17, 15) is 4.39 Å². The zero-order chi connectivity index (χ0) is 15.4. The molecule has 0 radical (unpaired) electrons. The molecule has 1 atom stereocenters. The van der Waals surface area contributed by atoms with Crippen molar-refractivity contribution >= 4 is 5.69 Å². The van der Waals surface area contributed by atoms with Crippen molar-refractivity contribution in [2.24, 2.45) is 5.73 Å². The maximum absolute atomic E-state index is 13.3. The minimum absolute atomic E-state index is 0.215. The smallest absolute Gasteiger partial charge is 0.125 e. The van der Waals surface area contributed by atoms with Gasteiger partial charge >= 0.3 is 0 Å². The Balaban J connectivity index is 2.17. The van der Waals surface area contributed by atoms with Gasteiger partial charge in [-0.15, -0.1) is 0 Å². The van der Waals surface area contributed by atoms with Crippen LogP contribution in [0.4, 0.5) is 10.1 Å². The van der Waals surface area contributed by atoms with Gasteiger partial charge in [0.05, 0.1) is 13.2 Å². The highest BCUT2D eigenvalue weighted by molar-refractivity contribution is 5.47. The van der Waals surface area contributed by atoms with E-state index in [1.807, 2.05) is 43.1 Å². The van der Waals surface area contributed by atoms with Crippen LogP contribution >= 0.6 is 0 Å². The highest BCUT2D eigenvalue weighted by Gasteiger charge is 2.15. The third-order valence-electron chi connectivity index (χ3n) is 3.50. The number of anilines is 1. The van der Waals surface area contributed by atoms with Gasteiger partial charge < -0.3 is 15.4 Å². The monoisotopic (exact) mass is 288 g/mol. The average molecular weight is 288 g/mol. The van der Waals surface area contributed by atoms with Crippen molar-refractivity contribution in [1.29, 1.82) is 0 Å². The van der Waals surface area contributed by atoms with Gasteiger partial charge in [-0.3, -0.25) is 0 Å². The Labute approximate surface area is 125 Å². The predicted molar refractivity (Wildman–Crippen MR) is 84.3 cm³/mol. The van der Waals surface area contributed by atoms with Crippen LogP contribution in [-0.4, -0.2) is 20.7 Å². The molecule has 0 aliphatic heterocycles. The normalized spacial score (nSPS) is 12.0. The van der Waals surface area contributed by atoms with Crippen molar-refractivity contribution in [3.63, 3.8) is 0 Å². The predicted octanol–water partition coefficient (Wildman–Crippen LogP) is 3.28. The lowest BCUT2D eigenvalue weighted by molar-refractivity contribution is 0.405. The molecule has 0 spiro atoms. The minimum atomic E-state index is -0.249. The third-order valence-corrected chi connectivity index (χ3v) is 3.50. The second-order valence-electron chi connectivity index (χ2n) is 5.21. The lowest BCUT2D eigenvalue weighted by Gasteiger charge is -2.25. The summed E-state index contributed by atoms with van der Waals surface area (Å²) in [5.41, 5.74) is 9.20. The number of nitrogens with zero attached hydrogens (tertiary/aromatic N) is 1. The molecular formula is C17H21FN2O. The number of hydrogen-bond acceptors (Lipinski definition) is 3. The molecular weight excluding hydrogens is 267 g/mol. The highest BCUT2D eigenvalue weighted by Crippen LogP contribution is 2.26. The van der Waals surface area contributed by atoms with E-state index in [-0.39, 0.29) is 11.9 Å². The summed E-state index contributed by atoms with van der Waals surface area (Å²) >= 11 is 0. The number of halogens is 1. The van der Waals surface area contributed by atoms with Gasteiger partial charge in [-0.25, -0.2) is 4.39 Å². The molecule has 0 aliphatic carbocycles. The van der Waals surface area contributed by atoms with Crippen LogP contribution in [0.3, 0.4) is 0 Å². The van der Waals surface area contributed by atoms with Gasteiger partial charge in [0.25, 0.3) is 0 Å². The number of methoxy groups -OCH3 is 1. The maximum atomic E-state index is 13.3. The molecule has 0 fully saturated rings. The topological polar surface area (TPSA) is 38.5 Å². The number of ether oxygens (including phenoxy) is 1. The Morgan fingerprint density at radius 2 is 2.00 bits per heavy atom. The number of aryl methyl sites for hydroxylation is 1. The van der Waals surface area contributed by atoms with Crippen molar-refractivity contribution < 1.29 is 9.13 Å². The molecule has 4 heteroatoms. The first-order valence-electron chi connectivity index (χ1n) is 6.88. The molecule has 0 amide bonds. The van der Waals surface area contributed by atoms with E-state index in [4.69, 9.17) is 10.5 Å². The summed E-state index contributed by atoms with van der Waals surface area (Å²) in [6.45, 7) is 2.59. The van der Waals surface area contributed by atoms with Gasteiger partial charge in [0, 0.05) is 24.8 Å². The molecule has 2 rings (SSSR count). The second kappa shape index (κ2) is 6.59. The summed E-state index contributed by atoms with van der Waals surface area (Å²) in [5.74, 6) is 0.529. The van der Waals surface area contributed by atoms with E-state index in [1.165, 1.54) is 12.1 Å². The van der Waals surface area contributed by atoms with Gasteiger partial charge in [0.1, 0.15) is 11.6 Å². The molecule has 1 unspecified atom stereocenters. The number of rotatable bonds is 5. The number of hydrogen-bond donors (Lipinski definition) is 1. The van der Waals surface area contributed by atoms with E-state index >= 15 is 0 Å². The van der Waals surface area contributed by atoms with Crippen LogP contribution in [0.2, 0.25) is 0 Å². The summed E-state index contributed by atoms with van der Waals surface area (Å²) in [6.07, 6.45) is 0. The van der Waals surface area contributed by atoms with Gasteiger partial charge in [0.2, 0.25) is 0 Å². The van der Waals surface area contributed by atoms with Crippen LogP contribution in [-0.2, 0) is 0 Å². The van der Waals surface area contributed by atoms with Crippen molar-refractivity contribution in [2.45, 2.75) is 13.0 Å². The SMILES string of the molecule is COc1ccc(C)cc1C(N)CN(C)c1cccc(F)c1. The first-order valence-corrected chi connectivity index (χ1v) is 6.88. The summed E-state index contributed by atoms with van der Waals surface area (Å²) in [7, 11) is 3.54. The standard InChI is InChI=1S/C17H21FN2O/c1-12-7-8-17(21-3)15(9-12)16(19)11-20(2)14-6-4-5-13(18)10-14/h4-10,16H,11,19H2,1-3H3.